The average Bonchev–Trinajstić information content (AvgIpc) is 2.60. The van der Waals surface area contributed by atoms with Crippen molar-refractivity contribution in [1.29, 1.82) is 0 Å². The lowest BCUT2D eigenvalue weighted by Crippen LogP contribution is -2.28. The van der Waals surface area contributed by atoms with Gasteiger partial charge in [0.15, 0.2) is 0 Å². The first-order valence-electron chi connectivity index (χ1n) is 4.40. The van der Waals surface area contributed by atoms with Gasteiger partial charge in [-0.2, -0.15) is 0 Å². The molecule has 12 heavy (non-hydrogen) atoms. The summed E-state index contributed by atoms with van der Waals surface area (Å²) in [5.74, 6) is 0. The molecule has 0 atom stereocenters. The molecule has 0 saturated carbocycles. The topological polar surface area (TPSA) is 0 Å². The highest BCUT2D eigenvalue weighted by molar-refractivity contribution is 5.37. The zero-order valence-corrected chi connectivity index (χ0v) is 7.62. The fourth-order valence-corrected chi connectivity index (χ4v) is 1.85. The third kappa shape index (κ3) is 0.842. The first-order chi connectivity index (χ1) is 5.66. The van der Waals surface area contributed by atoms with Crippen LogP contribution in [0.2, 0.25) is 0 Å². The standard InChI is InChI=1S/C12H14/c1-11(7-3-4-8-11)12(2)9-5-6-10-12/h3-10H,1-2H3. The molecule has 0 unspecified atom stereocenters. The molecule has 0 radical (unpaired) electrons. The molecule has 0 aromatic carbocycles. The van der Waals surface area contributed by atoms with Crippen molar-refractivity contribution in [1.82, 2.24) is 0 Å². The predicted octanol–water partition coefficient (Wildman–Crippen LogP) is 3.25. The van der Waals surface area contributed by atoms with Gasteiger partial charge in [0.25, 0.3) is 0 Å². The largest absolute Gasteiger partial charge is 0.0737 e. The van der Waals surface area contributed by atoms with Crippen LogP contribution in [0.1, 0.15) is 13.8 Å². The summed E-state index contributed by atoms with van der Waals surface area (Å²) in [7, 11) is 0. The summed E-state index contributed by atoms with van der Waals surface area (Å²) in [6.45, 7) is 4.54. The second-order valence-electron chi connectivity index (χ2n) is 4.00. The monoisotopic (exact) mass is 158 g/mol. The SMILES string of the molecule is CC1(C2(C)C=CC=C2)C=CC=C1. The Balaban J connectivity index is 2.41. The lowest BCUT2D eigenvalue weighted by molar-refractivity contribution is 0.324. The molecule has 0 amide bonds. The van der Waals surface area contributed by atoms with Crippen LogP contribution in [0.5, 0.6) is 0 Å². The molecule has 62 valence electrons. The van der Waals surface area contributed by atoms with E-state index in [1.165, 1.54) is 0 Å². The van der Waals surface area contributed by atoms with Crippen molar-refractivity contribution in [2.75, 3.05) is 0 Å². The fourth-order valence-electron chi connectivity index (χ4n) is 1.85. The second kappa shape index (κ2) is 2.22. The molecule has 0 fully saturated rings. The van der Waals surface area contributed by atoms with Crippen LogP contribution in [0.25, 0.3) is 0 Å². The molecule has 0 aromatic rings. The maximum absolute atomic E-state index is 2.27. The summed E-state index contributed by atoms with van der Waals surface area (Å²) in [6, 6.07) is 0. The summed E-state index contributed by atoms with van der Waals surface area (Å²) in [6.07, 6.45) is 17.6. The van der Waals surface area contributed by atoms with Crippen molar-refractivity contribution in [2.45, 2.75) is 13.8 Å². The molecule has 0 saturated heterocycles. The van der Waals surface area contributed by atoms with Crippen LogP contribution in [0.3, 0.4) is 0 Å². The van der Waals surface area contributed by atoms with Gasteiger partial charge in [-0.15, -0.1) is 0 Å². The van der Waals surface area contributed by atoms with E-state index in [0.29, 0.717) is 0 Å². The molecule has 0 spiro atoms. The van der Waals surface area contributed by atoms with E-state index in [9.17, 15) is 0 Å². The van der Waals surface area contributed by atoms with Gasteiger partial charge in [-0.1, -0.05) is 62.5 Å². The van der Waals surface area contributed by atoms with Crippen LogP contribution in [0.15, 0.2) is 48.6 Å². The molecular weight excluding hydrogens is 144 g/mol. The zero-order valence-electron chi connectivity index (χ0n) is 7.62. The molecule has 2 aliphatic carbocycles. The van der Waals surface area contributed by atoms with Crippen LogP contribution < -0.4 is 0 Å². The molecule has 0 N–H and O–H groups in total. The first-order valence-corrected chi connectivity index (χ1v) is 4.40. The number of allylic oxidation sites excluding steroid dienone is 8. The molecule has 0 heterocycles. The second-order valence-corrected chi connectivity index (χ2v) is 4.00. The molecule has 0 bridgehead atoms. The van der Waals surface area contributed by atoms with Gasteiger partial charge in [-0.25, -0.2) is 0 Å². The van der Waals surface area contributed by atoms with Crippen molar-refractivity contribution >= 4 is 0 Å². The van der Waals surface area contributed by atoms with Gasteiger partial charge >= 0.3 is 0 Å². The van der Waals surface area contributed by atoms with Crippen molar-refractivity contribution in [3.8, 4) is 0 Å². The van der Waals surface area contributed by atoms with E-state index in [0.717, 1.165) is 0 Å². The van der Waals surface area contributed by atoms with E-state index >= 15 is 0 Å². The maximum atomic E-state index is 2.27. The van der Waals surface area contributed by atoms with Crippen LogP contribution in [0.4, 0.5) is 0 Å². The summed E-state index contributed by atoms with van der Waals surface area (Å²) in [5.41, 5.74) is 0.354. The Morgan fingerprint density at radius 2 is 0.833 bits per heavy atom. The van der Waals surface area contributed by atoms with Crippen LogP contribution in [-0.2, 0) is 0 Å². The highest BCUT2D eigenvalue weighted by atomic mass is 14.4. The van der Waals surface area contributed by atoms with E-state index < -0.39 is 0 Å². The summed E-state index contributed by atoms with van der Waals surface area (Å²) in [4.78, 5) is 0. The van der Waals surface area contributed by atoms with Gasteiger partial charge in [0.1, 0.15) is 0 Å². The van der Waals surface area contributed by atoms with Crippen molar-refractivity contribution < 1.29 is 0 Å². The maximum Gasteiger partial charge on any atom is 0.0162 e. The van der Waals surface area contributed by atoms with Gasteiger partial charge in [0.2, 0.25) is 0 Å². The third-order valence-corrected chi connectivity index (χ3v) is 3.15. The van der Waals surface area contributed by atoms with Crippen molar-refractivity contribution in [2.24, 2.45) is 10.8 Å². The molecule has 2 aliphatic rings. The predicted molar refractivity (Wildman–Crippen MR) is 52.8 cm³/mol. The fraction of sp³-hybridized carbons (Fsp3) is 0.333. The van der Waals surface area contributed by atoms with Crippen molar-refractivity contribution in [3.05, 3.63) is 48.6 Å². The molecule has 0 heteroatoms. The van der Waals surface area contributed by atoms with Gasteiger partial charge < -0.3 is 0 Å². The normalized spacial score (nSPS) is 27.2. The van der Waals surface area contributed by atoms with E-state index in [4.69, 9.17) is 0 Å². The Morgan fingerprint density at radius 1 is 0.583 bits per heavy atom. The van der Waals surface area contributed by atoms with Crippen LogP contribution in [0, 0.1) is 10.8 Å². The van der Waals surface area contributed by atoms with E-state index in [2.05, 4.69) is 62.5 Å². The number of rotatable bonds is 1. The Hall–Kier alpha value is -1.04. The third-order valence-electron chi connectivity index (χ3n) is 3.15. The van der Waals surface area contributed by atoms with Crippen molar-refractivity contribution in [3.63, 3.8) is 0 Å². The Bertz CT molecular complexity index is 244. The first kappa shape index (κ1) is 7.60. The molecule has 2 rings (SSSR count). The van der Waals surface area contributed by atoms with Gasteiger partial charge in [-0.05, 0) is 0 Å². The quantitative estimate of drug-likeness (QED) is 0.549. The molecule has 0 aliphatic heterocycles. The van der Waals surface area contributed by atoms with E-state index in [1.54, 1.807) is 0 Å². The van der Waals surface area contributed by atoms with E-state index in [-0.39, 0.29) is 10.8 Å². The molecule has 0 aromatic heterocycles. The number of hydrogen-bond donors (Lipinski definition) is 0. The summed E-state index contributed by atoms with van der Waals surface area (Å²) in [5, 5.41) is 0. The Labute approximate surface area is 74.0 Å². The summed E-state index contributed by atoms with van der Waals surface area (Å²) < 4.78 is 0. The molecule has 0 nitrogen and oxygen atoms in total. The van der Waals surface area contributed by atoms with Crippen LogP contribution >= 0.6 is 0 Å². The summed E-state index contributed by atoms with van der Waals surface area (Å²) >= 11 is 0. The molecular formula is C12H14. The minimum atomic E-state index is 0.177. The minimum Gasteiger partial charge on any atom is -0.0737 e. The smallest absolute Gasteiger partial charge is 0.0162 e. The van der Waals surface area contributed by atoms with Gasteiger partial charge in [0, 0.05) is 10.8 Å². The number of hydrogen-bond acceptors (Lipinski definition) is 0. The van der Waals surface area contributed by atoms with Crippen LogP contribution in [-0.4, -0.2) is 0 Å². The van der Waals surface area contributed by atoms with Gasteiger partial charge in [0.05, 0.1) is 0 Å². The lowest BCUT2D eigenvalue weighted by atomic mass is 9.67. The zero-order chi connectivity index (χ0) is 8.66. The average molecular weight is 158 g/mol. The highest BCUT2D eigenvalue weighted by Gasteiger charge is 2.38. The lowest BCUT2D eigenvalue weighted by Gasteiger charge is -2.35. The highest BCUT2D eigenvalue weighted by Crippen LogP contribution is 2.47. The van der Waals surface area contributed by atoms with Gasteiger partial charge in [-0.3, -0.25) is 0 Å². The Morgan fingerprint density at radius 3 is 1.08 bits per heavy atom. The minimum absolute atomic E-state index is 0.177. The van der Waals surface area contributed by atoms with E-state index in [1.807, 2.05) is 0 Å². The Kier molecular flexibility index (Phi) is 1.41.